The molecule has 23 heavy (non-hydrogen) atoms. The first-order valence-electron chi connectivity index (χ1n) is 8.16. The molecular weight excluding hydrogens is 320 g/mol. The number of nitrogens with zero attached hydrogens (tertiary/aromatic N) is 2. The summed E-state index contributed by atoms with van der Waals surface area (Å²) < 4.78 is 26.4. The number of thioether (sulfide) groups is 1. The van der Waals surface area contributed by atoms with Crippen LogP contribution < -0.4 is 5.32 Å². The summed E-state index contributed by atoms with van der Waals surface area (Å²) in [5.74, 6) is 0.994. The summed E-state index contributed by atoms with van der Waals surface area (Å²) >= 11 is 1.95. The van der Waals surface area contributed by atoms with E-state index in [2.05, 4.69) is 17.3 Å². The number of alkyl halides is 2. The fourth-order valence-electron chi connectivity index (χ4n) is 3.25. The molecule has 1 heterocycles. The van der Waals surface area contributed by atoms with Gasteiger partial charge in [0.1, 0.15) is 0 Å². The van der Waals surface area contributed by atoms with Crippen molar-refractivity contribution in [2.45, 2.75) is 70.7 Å². The number of amides is 1. The summed E-state index contributed by atoms with van der Waals surface area (Å²) in [6, 6.07) is 0.200. The molecule has 2 atom stereocenters. The van der Waals surface area contributed by atoms with Crippen LogP contribution in [0.5, 0.6) is 0 Å². The molecule has 0 saturated heterocycles. The normalized spacial score (nSPS) is 21.7. The van der Waals surface area contributed by atoms with Crippen LogP contribution in [0.4, 0.5) is 8.78 Å². The third-order valence-electron chi connectivity index (χ3n) is 4.39. The number of aryl methyl sites for hydroxylation is 1. The van der Waals surface area contributed by atoms with E-state index in [9.17, 15) is 13.6 Å². The number of hydrogen-bond donors (Lipinski definition) is 1. The standard InChI is InChI=1S/C16H25F2N3OS/c1-4-23-13-7-5-6-12(8-13)19-15(22)9-14-10(2)20-21(11(14)3)16(17)18/h12-13,16H,4-9H2,1-3H3,(H,19,22)/t12-,13+/m0/s1. The van der Waals surface area contributed by atoms with Crippen LogP contribution in [-0.4, -0.2) is 32.7 Å². The van der Waals surface area contributed by atoms with Crippen molar-refractivity contribution in [1.29, 1.82) is 0 Å². The van der Waals surface area contributed by atoms with Gasteiger partial charge in [-0.2, -0.15) is 25.6 Å². The van der Waals surface area contributed by atoms with Gasteiger partial charge in [-0.05, 0) is 38.9 Å². The van der Waals surface area contributed by atoms with Gasteiger partial charge in [-0.15, -0.1) is 0 Å². The first-order valence-corrected chi connectivity index (χ1v) is 9.20. The van der Waals surface area contributed by atoms with E-state index >= 15 is 0 Å². The van der Waals surface area contributed by atoms with Crippen LogP contribution in [0, 0.1) is 13.8 Å². The van der Waals surface area contributed by atoms with Crippen LogP contribution in [0.2, 0.25) is 0 Å². The van der Waals surface area contributed by atoms with E-state index in [1.165, 1.54) is 6.42 Å². The van der Waals surface area contributed by atoms with E-state index in [1.807, 2.05) is 11.8 Å². The average Bonchev–Trinajstić information content (AvgIpc) is 2.76. The molecule has 1 fully saturated rings. The third kappa shape index (κ3) is 4.68. The summed E-state index contributed by atoms with van der Waals surface area (Å²) in [4.78, 5) is 12.3. The molecule has 1 saturated carbocycles. The maximum Gasteiger partial charge on any atom is 0.333 e. The number of carbonyl (C=O) groups excluding carboxylic acids is 1. The summed E-state index contributed by atoms with van der Waals surface area (Å²) in [5.41, 5.74) is 1.48. The Bertz CT molecular complexity index is 546. The lowest BCUT2D eigenvalue weighted by Gasteiger charge is -2.29. The summed E-state index contributed by atoms with van der Waals surface area (Å²) in [6.07, 6.45) is 4.46. The Kier molecular flexibility index (Phi) is 6.44. The molecule has 1 amide bonds. The molecule has 130 valence electrons. The highest BCUT2D eigenvalue weighted by atomic mass is 32.2. The Morgan fingerprint density at radius 3 is 2.78 bits per heavy atom. The second kappa shape index (κ2) is 8.13. The van der Waals surface area contributed by atoms with Crippen molar-refractivity contribution in [2.75, 3.05) is 5.75 Å². The van der Waals surface area contributed by atoms with E-state index in [0.717, 1.165) is 25.0 Å². The number of hydrogen-bond acceptors (Lipinski definition) is 3. The number of aromatic nitrogens is 2. The number of carbonyl (C=O) groups is 1. The Labute approximate surface area is 140 Å². The molecule has 1 N–H and O–H groups in total. The van der Waals surface area contributed by atoms with Gasteiger partial charge >= 0.3 is 6.55 Å². The fourth-order valence-corrected chi connectivity index (χ4v) is 4.42. The van der Waals surface area contributed by atoms with E-state index < -0.39 is 6.55 Å². The molecule has 4 nitrogen and oxygen atoms in total. The third-order valence-corrected chi connectivity index (χ3v) is 5.62. The Balaban J connectivity index is 1.95. The maximum atomic E-state index is 12.8. The molecule has 0 unspecified atom stereocenters. The molecule has 1 aromatic heterocycles. The summed E-state index contributed by atoms with van der Waals surface area (Å²) in [7, 11) is 0. The molecule has 1 aliphatic rings. The topological polar surface area (TPSA) is 46.9 Å². The number of halogens is 2. The largest absolute Gasteiger partial charge is 0.353 e. The maximum absolute atomic E-state index is 12.8. The second-order valence-corrected chi connectivity index (χ2v) is 7.63. The minimum absolute atomic E-state index is 0.0998. The lowest BCUT2D eigenvalue weighted by atomic mass is 9.94. The van der Waals surface area contributed by atoms with Gasteiger partial charge in [0.15, 0.2) is 0 Å². The van der Waals surface area contributed by atoms with Gasteiger partial charge in [0.25, 0.3) is 0 Å². The molecule has 0 spiro atoms. The van der Waals surface area contributed by atoms with E-state index in [-0.39, 0.29) is 18.4 Å². The molecule has 0 radical (unpaired) electrons. The van der Waals surface area contributed by atoms with Crippen molar-refractivity contribution in [2.24, 2.45) is 0 Å². The quantitative estimate of drug-likeness (QED) is 0.857. The molecule has 7 heteroatoms. The molecular formula is C16H25F2N3OS. The van der Waals surface area contributed by atoms with Crippen molar-refractivity contribution < 1.29 is 13.6 Å². The highest BCUT2D eigenvalue weighted by Gasteiger charge is 2.24. The monoisotopic (exact) mass is 345 g/mol. The van der Waals surface area contributed by atoms with Crippen LogP contribution in [0.25, 0.3) is 0 Å². The summed E-state index contributed by atoms with van der Waals surface area (Å²) in [6.45, 7) is 2.74. The molecule has 0 bridgehead atoms. The highest BCUT2D eigenvalue weighted by Crippen LogP contribution is 2.28. The van der Waals surface area contributed by atoms with Gasteiger partial charge in [-0.3, -0.25) is 4.79 Å². The van der Waals surface area contributed by atoms with Gasteiger partial charge in [-0.25, -0.2) is 4.68 Å². The minimum atomic E-state index is -2.67. The van der Waals surface area contributed by atoms with Gasteiger partial charge in [0.05, 0.1) is 12.1 Å². The van der Waals surface area contributed by atoms with E-state index in [4.69, 9.17) is 0 Å². The van der Waals surface area contributed by atoms with Gasteiger partial charge in [-0.1, -0.05) is 13.3 Å². The smallest absolute Gasteiger partial charge is 0.333 e. The molecule has 2 rings (SSSR count). The number of nitrogens with one attached hydrogen (secondary N) is 1. The zero-order chi connectivity index (χ0) is 17.0. The first kappa shape index (κ1) is 18.2. The van der Waals surface area contributed by atoms with Crippen LogP contribution in [0.3, 0.4) is 0 Å². The van der Waals surface area contributed by atoms with Crippen molar-refractivity contribution in [3.63, 3.8) is 0 Å². The van der Waals surface area contributed by atoms with Gasteiger partial charge < -0.3 is 5.32 Å². The van der Waals surface area contributed by atoms with E-state index in [0.29, 0.717) is 26.9 Å². The minimum Gasteiger partial charge on any atom is -0.353 e. The van der Waals surface area contributed by atoms with Crippen molar-refractivity contribution in [3.8, 4) is 0 Å². The molecule has 1 aliphatic carbocycles. The predicted molar refractivity (Wildman–Crippen MR) is 89.0 cm³/mol. The highest BCUT2D eigenvalue weighted by molar-refractivity contribution is 7.99. The molecule has 0 aliphatic heterocycles. The predicted octanol–water partition coefficient (Wildman–Crippen LogP) is 3.62. The lowest BCUT2D eigenvalue weighted by Crippen LogP contribution is -2.40. The van der Waals surface area contributed by atoms with E-state index in [1.54, 1.807) is 13.8 Å². The Morgan fingerprint density at radius 1 is 1.43 bits per heavy atom. The van der Waals surface area contributed by atoms with Crippen molar-refractivity contribution in [3.05, 3.63) is 17.0 Å². The molecule has 1 aromatic rings. The van der Waals surface area contributed by atoms with Crippen LogP contribution >= 0.6 is 11.8 Å². The van der Waals surface area contributed by atoms with Gasteiger partial charge in [0, 0.05) is 22.5 Å². The first-order chi connectivity index (χ1) is 10.9. The van der Waals surface area contributed by atoms with Crippen molar-refractivity contribution in [1.82, 2.24) is 15.1 Å². The Morgan fingerprint density at radius 2 is 2.17 bits per heavy atom. The van der Waals surface area contributed by atoms with Crippen molar-refractivity contribution >= 4 is 17.7 Å². The average molecular weight is 345 g/mol. The molecule has 0 aromatic carbocycles. The fraction of sp³-hybridized carbons (Fsp3) is 0.750. The number of rotatable bonds is 6. The SMILES string of the molecule is CCS[C@@H]1CCC[C@H](NC(=O)Cc2c(C)nn(C(F)F)c2C)C1. The second-order valence-electron chi connectivity index (χ2n) is 6.06. The Hall–Kier alpha value is -1.11. The van der Waals surface area contributed by atoms with Crippen LogP contribution in [-0.2, 0) is 11.2 Å². The van der Waals surface area contributed by atoms with Crippen LogP contribution in [0.1, 0.15) is 56.1 Å². The summed E-state index contributed by atoms with van der Waals surface area (Å²) in [5, 5.41) is 7.52. The zero-order valence-electron chi connectivity index (χ0n) is 13.9. The van der Waals surface area contributed by atoms with Crippen LogP contribution in [0.15, 0.2) is 0 Å². The van der Waals surface area contributed by atoms with Gasteiger partial charge in [0.2, 0.25) is 5.91 Å². The zero-order valence-corrected chi connectivity index (χ0v) is 14.8. The lowest BCUT2D eigenvalue weighted by molar-refractivity contribution is -0.121.